The number of hydrogen-bond donors (Lipinski definition) is 1. The van der Waals surface area contributed by atoms with Crippen molar-refractivity contribution < 1.29 is 5.11 Å². The first kappa shape index (κ1) is 17.6. The Bertz CT molecular complexity index is 662. The van der Waals surface area contributed by atoms with Gasteiger partial charge in [-0.1, -0.05) is 77.9 Å². The van der Waals surface area contributed by atoms with Gasteiger partial charge >= 0.3 is 0 Å². The van der Waals surface area contributed by atoms with E-state index in [1.807, 2.05) is 0 Å². The molecule has 0 saturated heterocycles. The number of rotatable bonds is 2. The number of aryl methyl sites for hydroxylation is 1. The van der Waals surface area contributed by atoms with Crippen molar-refractivity contribution in [3.8, 4) is 5.75 Å². The number of aromatic hydroxyl groups is 1. The smallest absolute Gasteiger partial charge is 0.123 e. The Labute approximate surface area is 141 Å². The van der Waals surface area contributed by atoms with Crippen LogP contribution in [-0.4, -0.2) is 5.11 Å². The molecule has 0 atom stereocenters. The van der Waals surface area contributed by atoms with Gasteiger partial charge in [-0.05, 0) is 52.0 Å². The molecular formula is C22H30O. The molecule has 0 aromatic heterocycles. The number of phenolic OH excluding ortho intramolecular Hbond substituents is 1. The van der Waals surface area contributed by atoms with Crippen molar-refractivity contribution in [2.24, 2.45) is 0 Å². The third kappa shape index (κ3) is 3.96. The fourth-order valence-corrected chi connectivity index (χ4v) is 2.97. The second-order valence-electron chi connectivity index (χ2n) is 8.64. The van der Waals surface area contributed by atoms with Crippen molar-refractivity contribution in [1.29, 1.82) is 0 Å². The first-order valence-corrected chi connectivity index (χ1v) is 8.41. The van der Waals surface area contributed by atoms with E-state index in [2.05, 4.69) is 84.9 Å². The zero-order chi connectivity index (χ0) is 17.4. The number of benzene rings is 2. The van der Waals surface area contributed by atoms with Crippen LogP contribution in [0.5, 0.6) is 5.75 Å². The SMILES string of the molecule is Cc1ccccc1Cc1cc(C(C)(C)C)c(O)c(C(C)(C)C)c1. The van der Waals surface area contributed by atoms with E-state index in [9.17, 15) is 5.11 Å². The summed E-state index contributed by atoms with van der Waals surface area (Å²) >= 11 is 0. The maximum absolute atomic E-state index is 10.8. The van der Waals surface area contributed by atoms with E-state index in [1.165, 1.54) is 16.7 Å². The molecule has 2 aromatic rings. The Hall–Kier alpha value is -1.76. The molecule has 2 rings (SSSR count). The van der Waals surface area contributed by atoms with Gasteiger partial charge in [0.25, 0.3) is 0 Å². The molecule has 1 N–H and O–H groups in total. The summed E-state index contributed by atoms with van der Waals surface area (Å²) in [6, 6.07) is 12.9. The summed E-state index contributed by atoms with van der Waals surface area (Å²) in [6.07, 6.45) is 0.902. The Balaban J connectivity index is 2.59. The van der Waals surface area contributed by atoms with E-state index < -0.39 is 0 Å². The van der Waals surface area contributed by atoms with Crippen molar-refractivity contribution in [3.05, 3.63) is 64.2 Å². The summed E-state index contributed by atoms with van der Waals surface area (Å²) in [5, 5.41) is 10.8. The minimum atomic E-state index is -0.0776. The summed E-state index contributed by atoms with van der Waals surface area (Å²) in [6.45, 7) is 15.1. The molecule has 0 fully saturated rings. The molecule has 0 unspecified atom stereocenters. The van der Waals surface area contributed by atoms with Crippen molar-refractivity contribution >= 4 is 0 Å². The maximum Gasteiger partial charge on any atom is 0.123 e. The molecule has 0 radical (unpaired) electrons. The van der Waals surface area contributed by atoms with Gasteiger partial charge in [-0.3, -0.25) is 0 Å². The van der Waals surface area contributed by atoms with Gasteiger partial charge in [0.05, 0.1) is 0 Å². The fraction of sp³-hybridized carbons (Fsp3) is 0.455. The predicted octanol–water partition coefficient (Wildman–Crippen LogP) is 5.89. The second-order valence-corrected chi connectivity index (χ2v) is 8.64. The normalized spacial score (nSPS) is 12.5. The largest absolute Gasteiger partial charge is 0.507 e. The molecule has 0 saturated carbocycles. The average Bonchev–Trinajstić information content (AvgIpc) is 2.40. The molecule has 0 amide bonds. The van der Waals surface area contributed by atoms with E-state index in [1.54, 1.807) is 0 Å². The highest BCUT2D eigenvalue weighted by atomic mass is 16.3. The Morgan fingerprint density at radius 3 is 1.74 bits per heavy atom. The van der Waals surface area contributed by atoms with E-state index in [0.717, 1.165) is 17.5 Å². The second kappa shape index (κ2) is 6.03. The first-order chi connectivity index (χ1) is 10.5. The lowest BCUT2D eigenvalue weighted by Gasteiger charge is -2.28. The first-order valence-electron chi connectivity index (χ1n) is 8.41. The molecule has 0 aliphatic heterocycles. The zero-order valence-electron chi connectivity index (χ0n) is 15.6. The quantitative estimate of drug-likeness (QED) is 0.733. The minimum absolute atomic E-state index is 0.0776. The molecule has 124 valence electrons. The maximum atomic E-state index is 10.8. The van der Waals surface area contributed by atoms with Gasteiger partial charge in [0.15, 0.2) is 0 Å². The lowest BCUT2D eigenvalue weighted by molar-refractivity contribution is 0.423. The highest BCUT2D eigenvalue weighted by Crippen LogP contribution is 2.40. The molecule has 1 heteroatoms. The van der Waals surface area contributed by atoms with Crippen molar-refractivity contribution in [2.75, 3.05) is 0 Å². The Morgan fingerprint density at radius 1 is 0.826 bits per heavy atom. The van der Waals surface area contributed by atoms with Gasteiger partial charge in [-0.15, -0.1) is 0 Å². The molecule has 0 aliphatic rings. The van der Waals surface area contributed by atoms with Crippen LogP contribution in [-0.2, 0) is 17.3 Å². The molecule has 1 nitrogen and oxygen atoms in total. The van der Waals surface area contributed by atoms with Crippen LogP contribution in [0.1, 0.15) is 69.4 Å². The summed E-state index contributed by atoms with van der Waals surface area (Å²) in [7, 11) is 0. The fourth-order valence-electron chi connectivity index (χ4n) is 2.97. The van der Waals surface area contributed by atoms with Crippen LogP contribution < -0.4 is 0 Å². The highest BCUT2D eigenvalue weighted by Gasteiger charge is 2.26. The molecule has 23 heavy (non-hydrogen) atoms. The van der Waals surface area contributed by atoms with Gasteiger partial charge in [0.1, 0.15) is 5.75 Å². The topological polar surface area (TPSA) is 20.2 Å². The van der Waals surface area contributed by atoms with Crippen LogP contribution in [0.2, 0.25) is 0 Å². The van der Waals surface area contributed by atoms with Gasteiger partial charge in [-0.25, -0.2) is 0 Å². The van der Waals surface area contributed by atoms with Crippen LogP contribution in [0.25, 0.3) is 0 Å². The van der Waals surface area contributed by atoms with Crippen molar-refractivity contribution in [3.63, 3.8) is 0 Å². The summed E-state index contributed by atoms with van der Waals surface area (Å²) in [5.74, 6) is 0.457. The van der Waals surface area contributed by atoms with Gasteiger partial charge in [0, 0.05) is 0 Å². The molecule has 2 aromatic carbocycles. The molecule has 0 bridgehead atoms. The van der Waals surface area contributed by atoms with E-state index in [0.29, 0.717) is 5.75 Å². The van der Waals surface area contributed by atoms with Crippen LogP contribution in [0.15, 0.2) is 36.4 Å². The van der Waals surface area contributed by atoms with Crippen LogP contribution in [0.3, 0.4) is 0 Å². The monoisotopic (exact) mass is 310 g/mol. The van der Waals surface area contributed by atoms with Gasteiger partial charge in [0.2, 0.25) is 0 Å². The van der Waals surface area contributed by atoms with E-state index in [4.69, 9.17) is 0 Å². The lowest BCUT2D eigenvalue weighted by Crippen LogP contribution is -2.18. The summed E-state index contributed by atoms with van der Waals surface area (Å²) in [5.41, 5.74) is 5.85. The van der Waals surface area contributed by atoms with Crippen LogP contribution in [0, 0.1) is 6.92 Å². The number of phenols is 1. The third-order valence-electron chi connectivity index (χ3n) is 4.44. The van der Waals surface area contributed by atoms with E-state index >= 15 is 0 Å². The lowest BCUT2D eigenvalue weighted by atomic mass is 9.78. The Morgan fingerprint density at radius 2 is 1.30 bits per heavy atom. The van der Waals surface area contributed by atoms with E-state index in [-0.39, 0.29) is 10.8 Å². The van der Waals surface area contributed by atoms with Crippen LogP contribution in [0.4, 0.5) is 0 Å². The average molecular weight is 310 g/mol. The summed E-state index contributed by atoms with van der Waals surface area (Å²) < 4.78 is 0. The van der Waals surface area contributed by atoms with Gasteiger partial charge < -0.3 is 5.11 Å². The molecule has 0 aliphatic carbocycles. The summed E-state index contributed by atoms with van der Waals surface area (Å²) in [4.78, 5) is 0. The number of hydrogen-bond acceptors (Lipinski definition) is 1. The predicted molar refractivity (Wildman–Crippen MR) is 99.5 cm³/mol. The minimum Gasteiger partial charge on any atom is -0.507 e. The van der Waals surface area contributed by atoms with Crippen molar-refractivity contribution in [1.82, 2.24) is 0 Å². The molecular weight excluding hydrogens is 280 g/mol. The van der Waals surface area contributed by atoms with Crippen molar-refractivity contribution in [2.45, 2.75) is 65.7 Å². The third-order valence-corrected chi connectivity index (χ3v) is 4.44. The Kier molecular flexibility index (Phi) is 4.61. The highest BCUT2D eigenvalue weighted by molar-refractivity contribution is 5.51. The standard InChI is InChI=1S/C22H30O/c1-15-10-8-9-11-17(15)12-16-13-18(21(2,3)4)20(23)19(14-16)22(5,6)7/h8-11,13-14,23H,12H2,1-7H3. The molecule has 0 spiro atoms. The molecule has 0 heterocycles. The zero-order valence-corrected chi connectivity index (χ0v) is 15.6. The van der Waals surface area contributed by atoms with Crippen LogP contribution >= 0.6 is 0 Å². The van der Waals surface area contributed by atoms with Gasteiger partial charge in [-0.2, -0.15) is 0 Å².